The average Bonchev–Trinajstić information content (AvgIpc) is 3.24. The van der Waals surface area contributed by atoms with Gasteiger partial charge in [-0.15, -0.1) is 0 Å². The first kappa shape index (κ1) is 17.5. The lowest BCUT2D eigenvalue weighted by Crippen LogP contribution is -2.33. The van der Waals surface area contributed by atoms with Gasteiger partial charge in [0.25, 0.3) is 0 Å². The molecule has 4 aromatic carbocycles. The van der Waals surface area contributed by atoms with Crippen molar-refractivity contribution in [2.24, 2.45) is 5.10 Å². The van der Waals surface area contributed by atoms with Crippen LogP contribution in [0.4, 0.5) is 0 Å². The molecule has 2 heterocycles. The third-order valence-electron chi connectivity index (χ3n) is 5.92. The van der Waals surface area contributed by atoms with E-state index in [-0.39, 0.29) is 12.3 Å². The molecule has 3 nitrogen and oxygen atoms in total. The van der Waals surface area contributed by atoms with E-state index in [9.17, 15) is 0 Å². The SMILES string of the molecule is Clc1cccc(C2Oc3ccccc3C3CC(c4ccc5ccccc5c4)=NN32)c1. The highest BCUT2D eigenvalue weighted by molar-refractivity contribution is 6.30. The van der Waals surface area contributed by atoms with Crippen molar-refractivity contribution in [3.05, 3.63) is 113 Å². The summed E-state index contributed by atoms with van der Waals surface area (Å²) < 4.78 is 6.40. The molecule has 0 spiro atoms. The van der Waals surface area contributed by atoms with E-state index >= 15 is 0 Å². The minimum Gasteiger partial charge on any atom is -0.464 e. The number of hydrazone groups is 1. The van der Waals surface area contributed by atoms with Crippen LogP contribution < -0.4 is 4.74 Å². The highest BCUT2D eigenvalue weighted by Crippen LogP contribution is 2.47. The Labute approximate surface area is 180 Å². The monoisotopic (exact) mass is 410 g/mol. The maximum absolute atomic E-state index is 6.40. The zero-order chi connectivity index (χ0) is 20.1. The molecule has 0 aromatic heterocycles. The average molecular weight is 411 g/mol. The Balaban J connectivity index is 1.45. The van der Waals surface area contributed by atoms with Crippen LogP contribution in [-0.2, 0) is 0 Å². The van der Waals surface area contributed by atoms with Crippen LogP contribution in [0.3, 0.4) is 0 Å². The van der Waals surface area contributed by atoms with Crippen molar-refractivity contribution in [2.45, 2.75) is 18.7 Å². The van der Waals surface area contributed by atoms with Gasteiger partial charge in [-0.3, -0.25) is 0 Å². The third kappa shape index (κ3) is 2.86. The molecule has 146 valence electrons. The summed E-state index contributed by atoms with van der Waals surface area (Å²) in [6.45, 7) is 0. The fourth-order valence-electron chi connectivity index (χ4n) is 4.46. The van der Waals surface area contributed by atoms with Crippen molar-refractivity contribution in [3.8, 4) is 5.75 Å². The fourth-order valence-corrected chi connectivity index (χ4v) is 4.66. The van der Waals surface area contributed by atoms with Crippen LogP contribution in [-0.4, -0.2) is 10.7 Å². The number of benzene rings is 4. The second kappa shape index (κ2) is 6.89. The van der Waals surface area contributed by atoms with Gasteiger partial charge in [-0.05, 0) is 40.6 Å². The number of para-hydroxylation sites is 1. The summed E-state index contributed by atoms with van der Waals surface area (Å²) >= 11 is 6.28. The number of halogens is 1. The topological polar surface area (TPSA) is 24.8 Å². The zero-order valence-corrected chi connectivity index (χ0v) is 17.0. The standard InChI is InChI=1S/C26H19ClN2O/c27-21-9-5-8-20(15-21)26-29-24(22-10-3-4-11-25(22)30-26)16-23(28-29)19-13-12-17-6-1-2-7-18(17)14-19/h1-15,24,26H,16H2. The molecule has 2 atom stereocenters. The van der Waals surface area contributed by atoms with Gasteiger partial charge in [0.2, 0.25) is 6.23 Å². The maximum atomic E-state index is 6.40. The predicted molar refractivity (Wildman–Crippen MR) is 121 cm³/mol. The first-order valence-corrected chi connectivity index (χ1v) is 10.5. The summed E-state index contributed by atoms with van der Waals surface area (Å²) in [5.41, 5.74) is 4.42. The Morgan fingerprint density at radius 1 is 0.833 bits per heavy atom. The molecular weight excluding hydrogens is 392 g/mol. The molecule has 0 saturated carbocycles. The van der Waals surface area contributed by atoms with Gasteiger partial charge in [-0.25, -0.2) is 5.01 Å². The number of rotatable bonds is 2. The molecule has 2 aliphatic rings. The molecule has 0 bridgehead atoms. The number of hydrogen-bond donors (Lipinski definition) is 0. The molecule has 4 aromatic rings. The Kier molecular flexibility index (Phi) is 4.03. The van der Waals surface area contributed by atoms with Gasteiger partial charge in [0.05, 0.1) is 11.8 Å². The molecule has 4 heteroatoms. The minimum absolute atomic E-state index is 0.139. The Morgan fingerprint density at radius 3 is 2.57 bits per heavy atom. The quantitative estimate of drug-likeness (QED) is 0.365. The summed E-state index contributed by atoms with van der Waals surface area (Å²) in [4.78, 5) is 0. The van der Waals surface area contributed by atoms with E-state index in [0.29, 0.717) is 5.02 Å². The molecule has 0 N–H and O–H groups in total. The molecule has 0 radical (unpaired) electrons. The smallest absolute Gasteiger partial charge is 0.213 e. The van der Waals surface area contributed by atoms with E-state index in [1.165, 1.54) is 16.3 Å². The van der Waals surface area contributed by atoms with Crippen LogP contribution in [0.25, 0.3) is 10.8 Å². The van der Waals surface area contributed by atoms with Crippen LogP contribution in [0.1, 0.15) is 35.4 Å². The van der Waals surface area contributed by atoms with Crippen molar-refractivity contribution in [2.75, 3.05) is 0 Å². The molecule has 0 saturated heterocycles. The summed E-state index contributed by atoms with van der Waals surface area (Å²) in [7, 11) is 0. The molecule has 0 fully saturated rings. The predicted octanol–water partition coefficient (Wildman–Crippen LogP) is 6.74. The van der Waals surface area contributed by atoms with Crippen molar-refractivity contribution >= 4 is 28.1 Å². The van der Waals surface area contributed by atoms with Crippen LogP contribution >= 0.6 is 11.6 Å². The van der Waals surface area contributed by atoms with Gasteiger partial charge in [-0.2, -0.15) is 5.10 Å². The van der Waals surface area contributed by atoms with Gasteiger partial charge < -0.3 is 4.74 Å². The van der Waals surface area contributed by atoms with Gasteiger partial charge in [0.1, 0.15) is 5.75 Å². The molecular formula is C26H19ClN2O. The van der Waals surface area contributed by atoms with Crippen molar-refractivity contribution < 1.29 is 4.74 Å². The lowest BCUT2D eigenvalue weighted by atomic mass is 9.95. The molecule has 0 aliphatic carbocycles. The van der Waals surface area contributed by atoms with Crippen LogP contribution in [0, 0.1) is 0 Å². The number of nitrogens with zero attached hydrogens (tertiary/aromatic N) is 2. The lowest BCUT2D eigenvalue weighted by molar-refractivity contribution is -0.0190. The summed E-state index contributed by atoms with van der Waals surface area (Å²) in [6, 6.07) is 31.2. The Hall–Kier alpha value is -3.30. The first-order valence-electron chi connectivity index (χ1n) is 10.1. The van der Waals surface area contributed by atoms with E-state index in [1.807, 2.05) is 36.4 Å². The van der Waals surface area contributed by atoms with Gasteiger partial charge in [-0.1, -0.05) is 78.3 Å². The second-order valence-electron chi connectivity index (χ2n) is 7.77. The molecule has 30 heavy (non-hydrogen) atoms. The minimum atomic E-state index is -0.304. The van der Waals surface area contributed by atoms with Crippen LogP contribution in [0.5, 0.6) is 5.75 Å². The van der Waals surface area contributed by atoms with E-state index in [0.717, 1.165) is 29.0 Å². The van der Waals surface area contributed by atoms with Crippen molar-refractivity contribution in [1.29, 1.82) is 0 Å². The van der Waals surface area contributed by atoms with Gasteiger partial charge in [0, 0.05) is 22.6 Å². The Morgan fingerprint density at radius 2 is 1.67 bits per heavy atom. The first-order chi connectivity index (χ1) is 14.8. The van der Waals surface area contributed by atoms with Crippen molar-refractivity contribution in [1.82, 2.24) is 5.01 Å². The van der Waals surface area contributed by atoms with E-state index < -0.39 is 0 Å². The third-order valence-corrected chi connectivity index (χ3v) is 6.15. The number of fused-ring (bicyclic) bond motifs is 4. The second-order valence-corrected chi connectivity index (χ2v) is 8.21. The van der Waals surface area contributed by atoms with Crippen molar-refractivity contribution in [3.63, 3.8) is 0 Å². The van der Waals surface area contributed by atoms with Crippen LogP contribution in [0.2, 0.25) is 5.02 Å². The molecule has 6 rings (SSSR count). The lowest BCUT2D eigenvalue weighted by Gasteiger charge is -2.38. The number of hydrogen-bond acceptors (Lipinski definition) is 3. The van der Waals surface area contributed by atoms with Gasteiger partial charge in [0.15, 0.2) is 0 Å². The highest BCUT2D eigenvalue weighted by Gasteiger charge is 2.40. The molecule has 2 unspecified atom stereocenters. The van der Waals surface area contributed by atoms with E-state index in [2.05, 4.69) is 59.6 Å². The van der Waals surface area contributed by atoms with Gasteiger partial charge >= 0.3 is 0 Å². The molecule has 0 amide bonds. The molecule has 2 aliphatic heterocycles. The largest absolute Gasteiger partial charge is 0.464 e. The fraction of sp³-hybridized carbons (Fsp3) is 0.115. The maximum Gasteiger partial charge on any atom is 0.213 e. The summed E-state index contributed by atoms with van der Waals surface area (Å²) in [5, 5.41) is 10.3. The highest BCUT2D eigenvalue weighted by atomic mass is 35.5. The van der Waals surface area contributed by atoms with E-state index in [4.69, 9.17) is 21.4 Å². The summed E-state index contributed by atoms with van der Waals surface area (Å²) in [5.74, 6) is 0.915. The number of ether oxygens (including phenoxy) is 1. The Bertz CT molecular complexity index is 1300. The van der Waals surface area contributed by atoms with Crippen LogP contribution in [0.15, 0.2) is 96.1 Å². The van der Waals surface area contributed by atoms with E-state index in [1.54, 1.807) is 0 Å². The normalized spacial score (nSPS) is 19.8. The summed E-state index contributed by atoms with van der Waals surface area (Å²) in [6.07, 6.45) is 0.539. The zero-order valence-electron chi connectivity index (χ0n) is 16.2.